The summed E-state index contributed by atoms with van der Waals surface area (Å²) in [4.78, 5) is 16.0. The number of anilines is 3. The molecule has 3 heterocycles. The van der Waals surface area contributed by atoms with E-state index in [-0.39, 0.29) is 0 Å². The zero-order valence-corrected chi connectivity index (χ0v) is 18.9. The summed E-state index contributed by atoms with van der Waals surface area (Å²) in [6.45, 7) is 0. The summed E-state index contributed by atoms with van der Waals surface area (Å²) in [5.41, 5.74) is 5.88. The van der Waals surface area contributed by atoms with Gasteiger partial charge < -0.3 is 4.90 Å². The molecular formula is C27H18Cl2N4. The van der Waals surface area contributed by atoms with Crippen molar-refractivity contribution in [2.45, 2.75) is 0 Å². The van der Waals surface area contributed by atoms with Crippen LogP contribution in [0.2, 0.25) is 10.0 Å². The molecule has 0 saturated carbocycles. The van der Waals surface area contributed by atoms with Crippen molar-refractivity contribution < 1.29 is 0 Å². The third-order valence-corrected chi connectivity index (χ3v) is 5.60. The Bertz CT molecular complexity index is 1250. The number of nitrogens with zero attached hydrogens (tertiary/aromatic N) is 4. The first-order chi connectivity index (χ1) is 16.2. The van der Waals surface area contributed by atoms with E-state index < -0.39 is 0 Å². The van der Waals surface area contributed by atoms with Crippen LogP contribution in [0.4, 0.5) is 17.1 Å². The third kappa shape index (κ3) is 4.72. The number of hydrogen-bond acceptors (Lipinski definition) is 4. The van der Waals surface area contributed by atoms with E-state index in [1.165, 1.54) is 0 Å². The molecule has 0 radical (unpaired) electrons. The molecule has 0 atom stereocenters. The van der Waals surface area contributed by atoms with E-state index in [2.05, 4.69) is 14.9 Å². The van der Waals surface area contributed by atoms with E-state index in [4.69, 9.17) is 28.2 Å². The van der Waals surface area contributed by atoms with Gasteiger partial charge in [-0.05, 0) is 84.9 Å². The first-order valence-electron chi connectivity index (χ1n) is 10.3. The fraction of sp³-hybridized carbons (Fsp3) is 0. The van der Waals surface area contributed by atoms with Gasteiger partial charge in [0.05, 0.1) is 28.5 Å². The molecule has 0 fully saturated rings. The summed E-state index contributed by atoms with van der Waals surface area (Å²) in [5.74, 6) is 0. The highest BCUT2D eigenvalue weighted by Crippen LogP contribution is 2.38. The fourth-order valence-corrected chi connectivity index (χ4v) is 3.82. The maximum absolute atomic E-state index is 6.18. The molecule has 6 heteroatoms. The molecular weight excluding hydrogens is 451 g/mol. The van der Waals surface area contributed by atoms with Crippen LogP contribution in [0.25, 0.3) is 22.8 Å². The van der Waals surface area contributed by atoms with E-state index in [9.17, 15) is 0 Å². The number of hydrogen-bond donors (Lipinski definition) is 0. The van der Waals surface area contributed by atoms with Gasteiger partial charge >= 0.3 is 0 Å². The van der Waals surface area contributed by atoms with E-state index in [1.54, 1.807) is 12.4 Å². The van der Waals surface area contributed by atoms with E-state index in [0.717, 1.165) is 39.8 Å². The minimum Gasteiger partial charge on any atom is -0.310 e. The Labute approximate surface area is 202 Å². The maximum Gasteiger partial charge on any atom is 0.0915 e. The molecule has 0 aliphatic heterocycles. The second kappa shape index (κ2) is 9.41. The molecule has 0 bridgehead atoms. The number of pyridine rings is 3. The minimum absolute atomic E-state index is 0.674. The molecule has 160 valence electrons. The van der Waals surface area contributed by atoms with Crippen molar-refractivity contribution in [2.75, 3.05) is 4.90 Å². The van der Waals surface area contributed by atoms with Crippen molar-refractivity contribution in [1.29, 1.82) is 0 Å². The highest BCUT2D eigenvalue weighted by atomic mass is 35.5. The Morgan fingerprint density at radius 3 is 1.33 bits per heavy atom. The van der Waals surface area contributed by atoms with Gasteiger partial charge in [-0.15, -0.1) is 0 Å². The molecule has 5 rings (SSSR count). The Morgan fingerprint density at radius 1 is 0.485 bits per heavy atom. The van der Waals surface area contributed by atoms with Crippen LogP contribution in [0.15, 0.2) is 109 Å². The lowest BCUT2D eigenvalue weighted by Gasteiger charge is -2.26. The molecule has 0 spiro atoms. The van der Waals surface area contributed by atoms with Gasteiger partial charge in [0.25, 0.3) is 0 Å². The largest absolute Gasteiger partial charge is 0.310 e. The van der Waals surface area contributed by atoms with Gasteiger partial charge in [0.2, 0.25) is 0 Å². The van der Waals surface area contributed by atoms with Crippen LogP contribution in [-0.2, 0) is 0 Å². The monoisotopic (exact) mass is 468 g/mol. The lowest BCUT2D eigenvalue weighted by molar-refractivity contribution is 1.20. The quantitative estimate of drug-likeness (QED) is 0.262. The summed E-state index contributed by atoms with van der Waals surface area (Å²) < 4.78 is 0. The average molecular weight is 469 g/mol. The van der Waals surface area contributed by atoms with Gasteiger partial charge in [-0.1, -0.05) is 35.3 Å². The van der Waals surface area contributed by atoms with Gasteiger partial charge in [0.1, 0.15) is 0 Å². The number of benzene rings is 2. The molecule has 33 heavy (non-hydrogen) atoms. The zero-order valence-electron chi connectivity index (χ0n) is 17.4. The molecule has 0 saturated heterocycles. The van der Waals surface area contributed by atoms with Crippen molar-refractivity contribution in [2.24, 2.45) is 0 Å². The molecule has 5 aromatic rings. The highest BCUT2D eigenvalue weighted by Gasteiger charge is 2.17. The van der Waals surface area contributed by atoms with Crippen LogP contribution in [0, 0.1) is 0 Å². The molecule has 3 aromatic heterocycles. The number of rotatable bonds is 5. The molecule has 0 unspecified atom stereocenters. The summed E-state index contributed by atoms with van der Waals surface area (Å²) in [7, 11) is 0. The second-order valence-corrected chi connectivity index (χ2v) is 8.19. The lowest BCUT2D eigenvalue weighted by atomic mass is 10.1. The Hall–Kier alpha value is -3.73. The van der Waals surface area contributed by atoms with Crippen LogP contribution >= 0.6 is 23.2 Å². The SMILES string of the molecule is Clc1ccc(N(c2ccc(Cl)cc2)c2cc(-c3ccccn3)nc(-c3ccccn3)c2)cc1. The van der Waals surface area contributed by atoms with Gasteiger partial charge in [0, 0.05) is 33.8 Å². The summed E-state index contributed by atoms with van der Waals surface area (Å²) >= 11 is 12.4. The first-order valence-corrected chi connectivity index (χ1v) is 11.1. The topological polar surface area (TPSA) is 41.9 Å². The average Bonchev–Trinajstić information content (AvgIpc) is 2.87. The summed E-state index contributed by atoms with van der Waals surface area (Å²) in [5, 5.41) is 1.35. The second-order valence-electron chi connectivity index (χ2n) is 7.31. The van der Waals surface area contributed by atoms with Crippen molar-refractivity contribution >= 4 is 40.3 Å². The molecule has 0 aliphatic rings. The highest BCUT2D eigenvalue weighted by molar-refractivity contribution is 6.31. The summed E-state index contributed by atoms with van der Waals surface area (Å²) in [6.07, 6.45) is 3.53. The predicted molar refractivity (Wildman–Crippen MR) is 135 cm³/mol. The third-order valence-electron chi connectivity index (χ3n) is 5.09. The smallest absolute Gasteiger partial charge is 0.0915 e. The molecule has 2 aromatic carbocycles. The predicted octanol–water partition coefficient (Wildman–Crippen LogP) is 7.98. The Kier molecular flexibility index (Phi) is 6.03. The Morgan fingerprint density at radius 2 is 0.939 bits per heavy atom. The van der Waals surface area contributed by atoms with E-state index >= 15 is 0 Å². The van der Waals surface area contributed by atoms with Gasteiger partial charge in [-0.25, -0.2) is 4.98 Å². The Balaban J connectivity index is 1.74. The van der Waals surface area contributed by atoms with Crippen LogP contribution in [-0.4, -0.2) is 15.0 Å². The van der Waals surface area contributed by atoms with Crippen molar-refractivity contribution in [3.63, 3.8) is 0 Å². The van der Waals surface area contributed by atoms with Gasteiger partial charge in [-0.2, -0.15) is 0 Å². The molecule has 0 N–H and O–H groups in total. The first kappa shape index (κ1) is 21.1. The molecule has 0 aliphatic carbocycles. The molecule has 4 nitrogen and oxygen atoms in total. The van der Waals surface area contributed by atoms with Crippen LogP contribution in [0.5, 0.6) is 0 Å². The van der Waals surface area contributed by atoms with Crippen molar-refractivity contribution in [1.82, 2.24) is 15.0 Å². The van der Waals surface area contributed by atoms with Crippen molar-refractivity contribution in [3.05, 3.63) is 120 Å². The minimum atomic E-state index is 0.674. The van der Waals surface area contributed by atoms with Crippen LogP contribution in [0.3, 0.4) is 0 Å². The van der Waals surface area contributed by atoms with Gasteiger partial charge in [0.15, 0.2) is 0 Å². The number of aromatic nitrogens is 3. The normalized spacial score (nSPS) is 10.7. The van der Waals surface area contributed by atoms with E-state index in [1.807, 2.05) is 97.1 Å². The van der Waals surface area contributed by atoms with Crippen molar-refractivity contribution in [3.8, 4) is 22.8 Å². The van der Waals surface area contributed by atoms with Crippen LogP contribution in [0.1, 0.15) is 0 Å². The van der Waals surface area contributed by atoms with Gasteiger partial charge in [-0.3, -0.25) is 9.97 Å². The maximum atomic E-state index is 6.18. The summed E-state index contributed by atoms with van der Waals surface area (Å²) in [6, 6.07) is 31.1. The standard InChI is InChI=1S/C27H18Cl2N4/c28-19-7-11-21(12-8-19)33(22-13-9-20(29)10-14-22)23-17-26(24-5-1-3-15-30-24)32-27(18-23)25-6-2-4-16-31-25/h1-18H. The zero-order chi connectivity index (χ0) is 22.6. The van der Waals surface area contributed by atoms with E-state index in [0.29, 0.717) is 10.0 Å². The van der Waals surface area contributed by atoms with Crippen LogP contribution < -0.4 is 4.90 Å². The fourth-order valence-electron chi connectivity index (χ4n) is 3.56. The number of halogens is 2. The molecule has 0 amide bonds. The lowest BCUT2D eigenvalue weighted by Crippen LogP contribution is -2.11.